The largest absolute Gasteiger partial charge is 0.510 e. The summed E-state index contributed by atoms with van der Waals surface area (Å²) in [5.41, 5.74) is 6.56. The van der Waals surface area contributed by atoms with Gasteiger partial charge in [-0.2, -0.15) is 0 Å². The number of aromatic nitrogens is 4. The van der Waals surface area contributed by atoms with E-state index in [0.29, 0.717) is 17.7 Å². The van der Waals surface area contributed by atoms with Crippen LogP contribution in [0.15, 0.2) is 12.7 Å². The Morgan fingerprint density at radius 3 is 2.49 bits per heavy atom. The highest BCUT2D eigenvalue weighted by molar-refractivity contribution is 7.56. The Morgan fingerprint density at radius 1 is 1.14 bits per heavy atom. The lowest BCUT2D eigenvalue weighted by atomic mass is 9.99. The number of ether oxygens (including phenoxy) is 4. The van der Waals surface area contributed by atoms with Gasteiger partial charge in [0.15, 0.2) is 11.5 Å². The molecule has 3 atom stereocenters. The van der Waals surface area contributed by atoms with Crippen molar-refractivity contribution in [1.82, 2.24) is 24.6 Å². The van der Waals surface area contributed by atoms with Gasteiger partial charge in [-0.15, -0.1) is 0 Å². The van der Waals surface area contributed by atoms with Gasteiger partial charge < -0.3 is 29.2 Å². The minimum Gasteiger partial charge on any atom is -0.464 e. The Labute approximate surface area is 216 Å². The second-order valence-corrected chi connectivity index (χ2v) is 12.1. The standard InChI is InChI=1S/C22H37N6O8P/c1-14(2)36-21(30)33-12-35-37(31,27-16(4)20(29)32-9-22(5,6)7)13-34-15(3)8-28-11-26-17-18(23)24-10-25-19(17)28/h10-11,14-16H,8-9,12-13H2,1-7H3,(H,27,31)(H2,23,24,25)/t15-,16+,37?/m1/s1. The first kappa shape index (κ1) is 30.4. The third-order valence-electron chi connectivity index (χ3n) is 4.57. The summed E-state index contributed by atoms with van der Waals surface area (Å²) in [5, 5.41) is 2.64. The van der Waals surface area contributed by atoms with Gasteiger partial charge in [-0.25, -0.2) is 24.8 Å². The van der Waals surface area contributed by atoms with Crippen LogP contribution in [0, 0.1) is 5.41 Å². The van der Waals surface area contributed by atoms with Gasteiger partial charge in [0, 0.05) is 0 Å². The second-order valence-electron chi connectivity index (χ2n) is 9.93. The van der Waals surface area contributed by atoms with Crippen molar-refractivity contribution >= 4 is 36.6 Å². The summed E-state index contributed by atoms with van der Waals surface area (Å²) < 4.78 is 41.4. The van der Waals surface area contributed by atoms with Crippen molar-refractivity contribution in [3.8, 4) is 0 Å². The van der Waals surface area contributed by atoms with Gasteiger partial charge in [-0.05, 0) is 33.1 Å². The summed E-state index contributed by atoms with van der Waals surface area (Å²) in [5.74, 6) is -0.364. The van der Waals surface area contributed by atoms with E-state index >= 15 is 0 Å². The number of hydrogen-bond donors (Lipinski definition) is 2. The summed E-state index contributed by atoms with van der Waals surface area (Å²) in [6.45, 7) is 12.1. The number of anilines is 1. The van der Waals surface area contributed by atoms with E-state index in [9.17, 15) is 14.2 Å². The zero-order valence-electron chi connectivity index (χ0n) is 22.3. The van der Waals surface area contributed by atoms with E-state index in [1.807, 2.05) is 20.8 Å². The van der Waals surface area contributed by atoms with Crippen molar-refractivity contribution in [1.29, 1.82) is 0 Å². The molecule has 0 saturated heterocycles. The van der Waals surface area contributed by atoms with Crippen molar-refractivity contribution in [3.63, 3.8) is 0 Å². The molecule has 0 aliphatic heterocycles. The first-order valence-electron chi connectivity index (χ1n) is 11.7. The van der Waals surface area contributed by atoms with Crippen molar-refractivity contribution in [2.24, 2.45) is 5.41 Å². The molecule has 0 spiro atoms. The molecule has 2 rings (SSSR count). The monoisotopic (exact) mass is 544 g/mol. The number of carbonyl (C=O) groups excluding carboxylic acids is 2. The van der Waals surface area contributed by atoms with Crippen molar-refractivity contribution in [2.45, 2.75) is 73.3 Å². The van der Waals surface area contributed by atoms with Gasteiger partial charge >= 0.3 is 12.1 Å². The van der Waals surface area contributed by atoms with Gasteiger partial charge in [-0.3, -0.25) is 13.9 Å². The SMILES string of the molecule is CC(C)OC(=O)OCOP(=O)(CO[C@H](C)Cn1cnc2c(N)ncnc21)N[C@@H](C)C(=O)OCC(C)(C)C. The topological polar surface area (TPSA) is 179 Å². The van der Waals surface area contributed by atoms with Crippen LogP contribution in [0.25, 0.3) is 11.2 Å². The van der Waals surface area contributed by atoms with Crippen LogP contribution in [0.2, 0.25) is 0 Å². The first-order valence-corrected chi connectivity index (χ1v) is 13.5. The zero-order chi connectivity index (χ0) is 27.8. The minimum absolute atomic E-state index is 0.174. The molecular weight excluding hydrogens is 507 g/mol. The molecule has 0 fully saturated rings. The molecule has 37 heavy (non-hydrogen) atoms. The van der Waals surface area contributed by atoms with E-state index < -0.39 is 51.0 Å². The average molecular weight is 545 g/mol. The third kappa shape index (κ3) is 10.2. The lowest BCUT2D eigenvalue weighted by molar-refractivity contribution is -0.148. The number of carbonyl (C=O) groups is 2. The molecule has 2 aromatic heterocycles. The van der Waals surface area contributed by atoms with Gasteiger partial charge in [0.05, 0.1) is 31.7 Å². The van der Waals surface area contributed by atoms with Crippen LogP contribution < -0.4 is 10.8 Å². The highest BCUT2D eigenvalue weighted by atomic mass is 31.2. The number of nitrogen functional groups attached to an aromatic ring is 1. The van der Waals surface area contributed by atoms with Crippen molar-refractivity contribution < 1.29 is 37.6 Å². The number of imidazole rings is 1. The predicted molar refractivity (Wildman–Crippen MR) is 134 cm³/mol. The molecule has 0 aliphatic carbocycles. The highest BCUT2D eigenvalue weighted by Gasteiger charge is 2.31. The van der Waals surface area contributed by atoms with Gasteiger partial charge in [0.25, 0.3) is 7.52 Å². The molecule has 1 unspecified atom stereocenters. The summed E-state index contributed by atoms with van der Waals surface area (Å²) >= 11 is 0. The second kappa shape index (κ2) is 13.1. The summed E-state index contributed by atoms with van der Waals surface area (Å²) in [6, 6.07) is -0.994. The summed E-state index contributed by atoms with van der Waals surface area (Å²) in [4.78, 5) is 36.4. The number of nitrogens with zero attached hydrogens (tertiary/aromatic N) is 4. The van der Waals surface area contributed by atoms with E-state index in [4.69, 9.17) is 29.2 Å². The molecule has 0 saturated carbocycles. The number of nitrogens with two attached hydrogens (primary N) is 1. The third-order valence-corrected chi connectivity index (χ3v) is 6.37. The number of hydrogen-bond acceptors (Lipinski definition) is 12. The van der Waals surface area contributed by atoms with Crippen LogP contribution in [0.5, 0.6) is 0 Å². The average Bonchev–Trinajstić information content (AvgIpc) is 3.19. The smallest absolute Gasteiger partial charge is 0.464 e. The van der Waals surface area contributed by atoms with Crippen LogP contribution in [0.4, 0.5) is 10.6 Å². The van der Waals surface area contributed by atoms with Crippen molar-refractivity contribution in [2.75, 3.05) is 25.5 Å². The van der Waals surface area contributed by atoms with E-state index in [2.05, 4.69) is 20.0 Å². The zero-order valence-corrected chi connectivity index (χ0v) is 23.2. The molecule has 2 aromatic rings. The maximum Gasteiger partial charge on any atom is 0.510 e. The van der Waals surface area contributed by atoms with Gasteiger partial charge in [0.2, 0.25) is 6.79 Å². The maximum absolute atomic E-state index is 13.5. The molecule has 14 nitrogen and oxygen atoms in total. The van der Waals surface area contributed by atoms with Crippen LogP contribution in [0.3, 0.4) is 0 Å². The molecule has 0 aliphatic rings. The van der Waals surface area contributed by atoms with Crippen LogP contribution >= 0.6 is 7.52 Å². The highest BCUT2D eigenvalue weighted by Crippen LogP contribution is 2.43. The molecular formula is C22H37N6O8P. The number of fused-ring (bicyclic) bond motifs is 1. The normalized spacial score (nSPS) is 15.2. The van der Waals surface area contributed by atoms with E-state index in [1.165, 1.54) is 13.3 Å². The Balaban J connectivity index is 2.04. The number of nitrogens with one attached hydrogen (secondary N) is 1. The fraction of sp³-hybridized carbons (Fsp3) is 0.682. The Bertz CT molecular complexity index is 1100. The molecule has 208 valence electrons. The number of esters is 1. The lowest BCUT2D eigenvalue weighted by Gasteiger charge is -2.25. The Morgan fingerprint density at radius 2 is 1.84 bits per heavy atom. The van der Waals surface area contributed by atoms with E-state index in [-0.39, 0.29) is 17.8 Å². The fourth-order valence-corrected chi connectivity index (χ4v) is 4.44. The van der Waals surface area contributed by atoms with E-state index in [1.54, 1.807) is 31.7 Å². The van der Waals surface area contributed by atoms with Crippen LogP contribution in [-0.4, -0.2) is 69.6 Å². The molecule has 15 heteroatoms. The minimum atomic E-state index is -3.86. The quantitative estimate of drug-likeness (QED) is 0.214. The molecule has 0 amide bonds. The van der Waals surface area contributed by atoms with Gasteiger partial charge in [0.1, 0.15) is 24.2 Å². The Kier molecular flexibility index (Phi) is 10.8. The van der Waals surface area contributed by atoms with Crippen LogP contribution in [-0.2, 0) is 39.4 Å². The maximum atomic E-state index is 13.5. The summed E-state index contributed by atoms with van der Waals surface area (Å²) in [6.07, 6.45) is 0.573. The van der Waals surface area contributed by atoms with E-state index in [0.717, 1.165) is 0 Å². The fourth-order valence-electron chi connectivity index (χ4n) is 2.85. The molecule has 0 radical (unpaired) electrons. The van der Waals surface area contributed by atoms with Crippen molar-refractivity contribution in [3.05, 3.63) is 12.7 Å². The predicted octanol–water partition coefficient (Wildman–Crippen LogP) is 3.07. The lowest BCUT2D eigenvalue weighted by Crippen LogP contribution is -2.36. The molecule has 2 heterocycles. The summed E-state index contributed by atoms with van der Waals surface area (Å²) in [7, 11) is -3.86. The Hall–Kier alpha value is -2.80. The number of rotatable bonds is 13. The van der Waals surface area contributed by atoms with Crippen LogP contribution in [0.1, 0.15) is 48.5 Å². The molecule has 3 N–H and O–H groups in total. The molecule has 0 aromatic carbocycles. The van der Waals surface area contributed by atoms with Gasteiger partial charge in [-0.1, -0.05) is 20.8 Å². The first-order chi connectivity index (χ1) is 17.2. The molecule has 0 bridgehead atoms.